The molecule has 0 aliphatic carbocycles. The number of carboxylic acid groups (broad SMARTS) is 1. The van der Waals surface area contributed by atoms with E-state index in [9.17, 15) is 9.59 Å². The van der Waals surface area contributed by atoms with E-state index >= 15 is 0 Å². The van der Waals surface area contributed by atoms with Gasteiger partial charge in [-0.25, -0.2) is 0 Å². The molecule has 1 aliphatic rings. The van der Waals surface area contributed by atoms with Gasteiger partial charge in [0.15, 0.2) is 0 Å². The number of aliphatic carboxylic acids is 1. The maximum Gasteiger partial charge on any atom is 0.303 e. The minimum atomic E-state index is -0.747. The number of hydrogen-bond donors (Lipinski definition) is 3. The summed E-state index contributed by atoms with van der Waals surface area (Å²) < 4.78 is 0. The van der Waals surface area contributed by atoms with Crippen molar-refractivity contribution >= 4 is 11.9 Å². The molecule has 3 N–H and O–H groups in total. The van der Waals surface area contributed by atoms with Crippen molar-refractivity contribution in [3.8, 4) is 0 Å². The average Bonchev–Trinajstić information content (AvgIpc) is 2.41. The molecule has 1 heterocycles. The lowest BCUT2D eigenvalue weighted by Gasteiger charge is -2.31. The van der Waals surface area contributed by atoms with Gasteiger partial charge in [-0.1, -0.05) is 20.8 Å². The molecule has 1 unspecified atom stereocenters. The van der Waals surface area contributed by atoms with Gasteiger partial charge in [-0.15, -0.1) is 0 Å². The summed E-state index contributed by atoms with van der Waals surface area (Å²) in [6.07, 6.45) is 3.53. The van der Waals surface area contributed by atoms with E-state index in [0.717, 1.165) is 32.4 Å². The molecule has 0 saturated carbocycles. The van der Waals surface area contributed by atoms with Gasteiger partial charge in [0.05, 0.1) is 0 Å². The summed E-state index contributed by atoms with van der Waals surface area (Å²) >= 11 is 0. The van der Waals surface area contributed by atoms with Crippen molar-refractivity contribution in [3.05, 3.63) is 0 Å². The number of piperidine rings is 1. The van der Waals surface area contributed by atoms with Crippen LogP contribution in [0.3, 0.4) is 0 Å². The van der Waals surface area contributed by atoms with E-state index in [1.165, 1.54) is 0 Å². The molecule has 1 saturated heterocycles. The van der Waals surface area contributed by atoms with E-state index in [4.69, 9.17) is 5.11 Å². The Bertz CT molecular complexity index is 344. The first kappa shape index (κ1) is 18.0. The van der Waals surface area contributed by atoms with Crippen LogP contribution in [0.1, 0.15) is 52.9 Å². The summed E-state index contributed by atoms with van der Waals surface area (Å²) in [5, 5.41) is 15.1. The Morgan fingerprint density at radius 2 is 1.86 bits per heavy atom. The topological polar surface area (TPSA) is 78.4 Å². The Balaban J connectivity index is 2.34. The van der Waals surface area contributed by atoms with Gasteiger partial charge >= 0.3 is 5.97 Å². The van der Waals surface area contributed by atoms with Crippen molar-refractivity contribution in [1.82, 2.24) is 10.6 Å². The zero-order chi connectivity index (χ0) is 15.9. The molecule has 1 amide bonds. The van der Waals surface area contributed by atoms with Crippen LogP contribution in [0.25, 0.3) is 0 Å². The third-order valence-electron chi connectivity index (χ3n) is 4.43. The number of amides is 1. The summed E-state index contributed by atoms with van der Waals surface area (Å²) in [4.78, 5) is 22.8. The zero-order valence-corrected chi connectivity index (χ0v) is 13.6. The lowest BCUT2D eigenvalue weighted by Crippen LogP contribution is -2.39. The number of nitrogens with one attached hydrogen (secondary N) is 2. The maximum absolute atomic E-state index is 12.1. The maximum atomic E-state index is 12.1. The van der Waals surface area contributed by atoms with Crippen LogP contribution >= 0.6 is 0 Å². The normalized spacial score (nSPS) is 18.2. The molecule has 0 radical (unpaired) electrons. The van der Waals surface area contributed by atoms with Gasteiger partial charge in [0.25, 0.3) is 0 Å². The van der Waals surface area contributed by atoms with Crippen LogP contribution in [0.5, 0.6) is 0 Å². The highest BCUT2D eigenvalue weighted by Gasteiger charge is 2.26. The van der Waals surface area contributed by atoms with Crippen LogP contribution in [-0.4, -0.2) is 36.6 Å². The highest BCUT2D eigenvalue weighted by molar-refractivity contribution is 5.78. The van der Waals surface area contributed by atoms with Gasteiger partial charge < -0.3 is 15.7 Å². The standard InChI is InChI=1S/C16H30N2O3/c1-16(2,3)13(4-5-14(19)20)8-11-18-15(21)12-6-9-17-10-7-12/h12-13,17H,4-11H2,1-3H3,(H,18,21)(H,19,20). The molecule has 5 nitrogen and oxygen atoms in total. The zero-order valence-electron chi connectivity index (χ0n) is 13.6. The van der Waals surface area contributed by atoms with Gasteiger partial charge in [0, 0.05) is 18.9 Å². The van der Waals surface area contributed by atoms with Crippen molar-refractivity contribution in [3.63, 3.8) is 0 Å². The van der Waals surface area contributed by atoms with E-state index in [2.05, 4.69) is 31.4 Å². The molecular formula is C16H30N2O3. The molecule has 1 atom stereocenters. The molecule has 1 fully saturated rings. The third kappa shape index (κ3) is 6.93. The number of carboxylic acids is 1. The molecule has 0 spiro atoms. The number of carbonyl (C=O) groups is 2. The third-order valence-corrected chi connectivity index (χ3v) is 4.43. The predicted octanol–water partition coefficient (Wildman–Crippen LogP) is 2.02. The molecule has 0 aromatic heterocycles. The first-order chi connectivity index (χ1) is 9.80. The SMILES string of the molecule is CC(C)(C)C(CCNC(=O)C1CCNCC1)CCC(=O)O. The first-order valence-electron chi connectivity index (χ1n) is 8.01. The molecular weight excluding hydrogens is 268 g/mol. The molecule has 1 rings (SSSR count). The minimum absolute atomic E-state index is 0.0644. The van der Waals surface area contributed by atoms with Crippen molar-refractivity contribution in [2.45, 2.75) is 52.9 Å². The summed E-state index contributed by atoms with van der Waals surface area (Å²) in [5.41, 5.74) is 0.0644. The largest absolute Gasteiger partial charge is 0.481 e. The van der Waals surface area contributed by atoms with Gasteiger partial charge in [0.1, 0.15) is 0 Å². The number of carbonyl (C=O) groups excluding carboxylic acids is 1. The molecule has 0 aromatic rings. The highest BCUT2D eigenvalue weighted by Crippen LogP contribution is 2.32. The quantitative estimate of drug-likeness (QED) is 0.672. The van der Waals surface area contributed by atoms with Crippen LogP contribution in [0, 0.1) is 17.3 Å². The first-order valence-corrected chi connectivity index (χ1v) is 8.01. The van der Waals surface area contributed by atoms with Crippen LogP contribution in [0.4, 0.5) is 0 Å². The molecule has 122 valence electrons. The number of hydrogen-bond acceptors (Lipinski definition) is 3. The van der Waals surface area contributed by atoms with E-state index in [0.29, 0.717) is 18.9 Å². The van der Waals surface area contributed by atoms with Crippen molar-refractivity contribution < 1.29 is 14.7 Å². The molecule has 0 aromatic carbocycles. The summed E-state index contributed by atoms with van der Waals surface area (Å²) in [6.45, 7) is 8.88. The predicted molar refractivity (Wildman–Crippen MR) is 83.0 cm³/mol. The van der Waals surface area contributed by atoms with E-state index in [1.807, 2.05) is 0 Å². The van der Waals surface area contributed by atoms with E-state index in [-0.39, 0.29) is 23.7 Å². The van der Waals surface area contributed by atoms with Crippen LogP contribution < -0.4 is 10.6 Å². The van der Waals surface area contributed by atoms with Crippen LogP contribution in [-0.2, 0) is 9.59 Å². The second-order valence-electron chi connectivity index (χ2n) is 7.10. The summed E-state index contributed by atoms with van der Waals surface area (Å²) in [5.74, 6) is -0.148. The monoisotopic (exact) mass is 298 g/mol. The fraction of sp³-hybridized carbons (Fsp3) is 0.875. The van der Waals surface area contributed by atoms with Crippen LogP contribution in [0.2, 0.25) is 0 Å². The highest BCUT2D eigenvalue weighted by atomic mass is 16.4. The van der Waals surface area contributed by atoms with Crippen molar-refractivity contribution in [2.75, 3.05) is 19.6 Å². The lowest BCUT2D eigenvalue weighted by molar-refractivity contribution is -0.137. The van der Waals surface area contributed by atoms with Gasteiger partial charge in [0.2, 0.25) is 5.91 Å². The Morgan fingerprint density at radius 3 is 2.38 bits per heavy atom. The molecule has 21 heavy (non-hydrogen) atoms. The van der Waals surface area contributed by atoms with Gasteiger partial charge in [-0.05, 0) is 50.1 Å². The van der Waals surface area contributed by atoms with E-state index < -0.39 is 5.97 Å². The second-order valence-corrected chi connectivity index (χ2v) is 7.10. The van der Waals surface area contributed by atoms with Gasteiger partial charge in [-0.2, -0.15) is 0 Å². The molecule has 5 heteroatoms. The Hall–Kier alpha value is -1.10. The molecule has 0 bridgehead atoms. The smallest absolute Gasteiger partial charge is 0.303 e. The van der Waals surface area contributed by atoms with E-state index in [1.54, 1.807) is 0 Å². The minimum Gasteiger partial charge on any atom is -0.481 e. The van der Waals surface area contributed by atoms with Gasteiger partial charge in [-0.3, -0.25) is 9.59 Å². The number of rotatable bonds is 7. The van der Waals surface area contributed by atoms with Crippen LogP contribution in [0.15, 0.2) is 0 Å². The fourth-order valence-corrected chi connectivity index (χ4v) is 2.91. The molecule has 1 aliphatic heterocycles. The fourth-order valence-electron chi connectivity index (χ4n) is 2.91. The Kier molecular flexibility index (Phi) is 7.15. The second kappa shape index (κ2) is 8.37. The Morgan fingerprint density at radius 1 is 1.24 bits per heavy atom. The van der Waals surface area contributed by atoms with Crippen molar-refractivity contribution in [1.29, 1.82) is 0 Å². The average molecular weight is 298 g/mol. The van der Waals surface area contributed by atoms with Crippen molar-refractivity contribution in [2.24, 2.45) is 17.3 Å². The lowest BCUT2D eigenvalue weighted by atomic mass is 9.76. The summed E-state index contributed by atoms with van der Waals surface area (Å²) in [7, 11) is 0. The summed E-state index contributed by atoms with van der Waals surface area (Å²) in [6, 6.07) is 0. The Labute approximate surface area is 127 Å².